The van der Waals surface area contributed by atoms with Gasteiger partial charge in [-0.05, 0) is 0 Å². The molecule has 1 saturated heterocycles. The highest BCUT2D eigenvalue weighted by molar-refractivity contribution is 5.85. The van der Waals surface area contributed by atoms with E-state index in [-0.39, 0.29) is 6.61 Å². The maximum Gasteiger partial charge on any atom is 0.352 e. The molecule has 9 heteroatoms. The number of aromatic nitrogens is 2. The lowest BCUT2D eigenvalue weighted by atomic mass is 10.2. The molecular weight excluding hydrogens is 248 g/mol. The second kappa shape index (κ2) is 4.37. The van der Waals surface area contributed by atoms with Crippen molar-refractivity contribution in [3.63, 3.8) is 0 Å². The number of ether oxygens (including phenoxy) is 1. The Hall–Kier alpha value is -1.97. The third-order valence-electron chi connectivity index (χ3n) is 2.57. The van der Waals surface area contributed by atoms with Crippen LogP contribution in [-0.2, 0) is 4.74 Å². The van der Waals surface area contributed by atoms with Crippen molar-refractivity contribution in [1.29, 1.82) is 0 Å². The number of hydrogen-bond acceptors (Lipinski definition) is 6. The fraction of sp³-hybridized carbons (Fsp3) is 0.444. The molecule has 0 aromatic carbocycles. The van der Waals surface area contributed by atoms with Gasteiger partial charge in [-0.25, -0.2) is 9.59 Å². The number of rotatable bonds is 2. The number of carbonyl (C=O) groups is 1. The van der Waals surface area contributed by atoms with Crippen LogP contribution in [0.5, 0.6) is 0 Å². The molecule has 0 bridgehead atoms. The van der Waals surface area contributed by atoms with Gasteiger partial charge in [0.15, 0.2) is 6.23 Å². The fourth-order valence-corrected chi connectivity index (χ4v) is 1.73. The van der Waals surface area contributed by atoms with Gasteiger partial charge in [0, 0.05) is 6.07 Å². The maximum atomic E-state index is 11.6. The van der Waals surface area contributed by atoms with Gasteiger partial charge in [-0.2, -0.15) is 0 Å². The van der Waals surface area contributed by atoms with E-state index in [0.717, 1.165) is 0 Å². The zero-order valence-corrected chi connectivity index (χ0v) is 8.94. The first-order valence-electron chi connectivity index (χ1n) is 4.98. The third kappa shape index (κ3) is 1.94. The van der Waals surface area contributed by atoms with Crippen LogP contribution in [0.2, 0.25) is 0 Å². The Morgan fingerprint density at radius 2 is 2.11 bits per heavy atom. The van der Waals surface area contributed by atoms with Crippen molar-refractivity contribution >= 4 is 5.97 Å². The summed E-state index contributed by atoms with van der Waals surface area (Å²) in [5.41, 5.74) is -2.53. The van der Waals surface area contributed by atoms with Gasteiger partial charge < -0.3 is 20.1 Å². The number of aliphatic hydroxyl groups excluding tert-OH is 2. The minimum atomic E-state index is -1.52. The Morgan fingerprint density at radius 3 is 2.61 bits per heavy atom. The van der Waals surface area contributed by atoms with Gasteiger partial charge in [-0.1, -0.05) is 0 Å². The maximum absolute atomic E-state index is 11.6. The Balaban J connectivity index is 2.60. The Labute approximate surface area is 98.9 Å². The molecule has 1 aromatic rings. The summed E-state index contributed by atoms with van der Waals surface area (Å²) in [6.07, 6.45) is -4.03. The molecule has 1 fully saturated rings. The molecule has 1 aliphatic heterocycles. The van der Waals surface area contributed by atoms with E-state index in [0.29, 0.717) is 10.6 Å². The van der Waals surface area contributed by atoms with Crippen LogP contribution in [0.3, 0.4) is 0 Å². The van der Waals surface area contributed by atoms with Crippen molar-refractivity contribution in [2.24, 2.45) is 0 Å². The van der Waals surface area contributed by atoms with Crippen LogP contribution in [0.25, 0.3) is 0 Å². The molecule has 0 radical (unpaired) electrons. The average molecular weight is 258 g/mol. The number of nitrogens with one attached hydrogen (secondary N) is 1. The molecule has 0 amide bonds. The second-order valence-corrected chi connectivity index (χ2v) is 3.78. The molecule has 98 valence electrons. The molecule has 0 aliphatic carbocycles. The highest BCUT2D eigenvalue weighted by Gasteiger charge is 2.38. The minimum absolute atomic E-state index is 0.240. The van der Waals surface area contributed by atoms with Crippen LogP contribution >= 0.6 is 0 Å². The first-order valence-corrected chi connectivity index (χ1v) is 4.98. The van der Waals surface area contributed by atoms with Crippen LogP contribution in [0.15, 0.2) is 15.7 Å². The number of carboxylic acids is 1. The van der Waals surface area contributed by atoms with E-state index < -0.39 is 41.3 Å². The number of aliphatic hydroxyl groups is 2. The zero-order valence-electron chi connectivity index (χ0n) is 8.94. The van der Waals surface area contributed by atoms with E-state index in [9.17, 15) is 24.6 Å². The highest BCUT2D eigenvalue weighted by atomic mass is 16.5. The number of hydrogen-bond donors (Lipinski definition) is 4. The first kappa shape index (κ1) is 12.5. The van der Waals surface area contributed by atoms with Crippen LogP contribution in [0.1, 0.15) is 16.7 Å². The molecular formula is C9H10N2O7. The van der Waals surface area contributed by atoms with Crippen molar-refractivity contribution < 1.29 is 24.9 Å². The average Bonchev–Trinajstić information content (AvgIpc) is 2.59. The largest absolute Gasteiger partial charge is 0.477 e. The Bertz CT molecular complexity index is 589. The van der Waals surface area contributed by atoms with E-state index >= 15 is 0 Å². The van der Waals surface area contributed by atoms with Gasteiger partial charge in [0.25, 0.3) is 5.56 Å². The van der Waals surface area contributed by atoms with Crippen molar-refractivity contribution in [1.82, 2.24) is 9.55 Å². The molecule has 4 N–H and O–H groups in total. The molecule has 0 saturated carbocycles. The number of aromatic amines is 1. The molecule has 3 atom stereocenters. The Kier molecular flexibility index (Phi) is 3.03. The van der Waals surface area contributed by atoms with Gasteiger partial charge in [0.05, 0.1) is 6.61 Å². The SMILES string of the molecule is O=C(O)c1cc(=O)[nH]c(=O)n1[C@@H]1OC[C@@H](O)[C@H]1O. The number of nitrogens with zero attached hydrogens (tertiary/aromatic N) is 1. The van der Waals surface area contributed by atoms with Gasteiger partial charge in [-0.15, -0.1) is 0 Å². The lowest BCUT2D eigenvalue weighted by Gasteiger charge is -2.19. The second-order valence-electron chi connectivity index (χ2n) is 3.78. The molecule has 2 heterocycles. The minimum Gasteiger partial charge on any atom is -0.477 e. The van der Waals surface area contributed by atoms with Crippen molar-refractivity contribution in [2.75, 3.05) is 6.61 Å². The summed E-state index contributed by atoms with van der Waals surface area (Å²) in [7, 11) is 0. The monoisotopic (exact) mass is 258 g/mol. The lowest BCUT2D eigenvalue weighted by molar-refractivity contribution is -0.0232. The summed E-state index contributed by atoms with van der Waals surface area (Å²) < 4.78 is 5.54. The smallest absolute Gasteiger partial charge is 0.352 e. The summed E-state index contributed by atoms with van der Waals surface area (Å²) in [4.78, 5) is 35.4. The van der Waals surface area contributed by atoms with E-state index in [4.69, 9.17) is 9.84 Å². The fourth-order valence-electron chi connectivity index (χ4n) is 1.73. The van der Waals surface area contributed by atoms with Crippen LogP contribution in [-0.4, -0.2) is 49.7 Å². The molecule has 9 nitrogen and oxygen atoms in total. The van der Waals surface area contributed by atoms with E-state index in [1.54, 1.807) is 0 Å². The van der Waals surface area contributed by atoms with Gasteiger partial charge >= 0.3 is 11.7 Å². The zero-order chi connectivity index (χ0) is 13.4. The number of carboxylic acid groups (broad SMARTS) is 1. The lowest BCUT2D eigenvalue weighted by Crippen LogP contribution is -2.40. The molecule has 0 spiro atoms. The van der Waals surface area contributed by atoms with E-state index in [1.165, 1.54) is 0 Å². The summed E-state index contributed by atoms with van der Waals surface area (Å²) in [5.74, 6) is -1.52. The molecule has 2 rings (SSSR count). The molecule has 18 heavy (non-hydrogen) atoms. The van der Waals surface area contributed by atoms with Crippen LogP contribution in [0.4, 0.5) is 0 Å². The van der Waals surface area contributed by atoms with Gasteiger partial charge in [0.2, 0.25) is 0 Å². The van der Waals surface area contributed by atoms with Crippen molar-refractivity contribution in [3.8, 4) is 0 Å². The quantitative estimate of drug-likeness (QED) is 0.458. The van der Waals surface area contributed by atoms with Crippen LogP contribution in [0, 0.1) is 0 Å². The third-order valence-corrected chi connectivity index (χ3v) is 2.57. The molecule has 1 aliphatic rings. The predicted octanol–water partition coefficient (Wildman–Crippen LogP) is -2.51. The molecule has 1 aromatic heterocycles. The standard InChI is InChI=1S/C9H10N2O7/c12-4-2-18-7(6(4)14)11-3(8(15)16)1-5(13)10-9(11)17/h1,4,6-7,12,14H,2H2,(H,15,16)(H,10,13,17)/t4-,6-,7-/m1/s1. The summed E-state index contributed by atoms with van der Waals surface area (Å²) >= 11 is 0. The normalized spacial score (nSPS) is 27.3. The first-order chi connectivity index (χ1) is 8.41. The van der Waals surface area contributed by atoms with E-state index in [2.05, 4.69) is 0 Å². The summed E-state index contributed by atoms with van der Waals surface area (Å²) in [5, 5.41) is 27.8. The highest BCUT2D eigenvalue weighted by Crippen LogP contribution is 2.23. The Morgan fingerprint density at radius 1 is 1.44 bits per heavy atom. The van der Waals surface area contributed by atoms with Crippen LogP contribution < -0.4 is 11.2 Å². The topological polar surface area (TPSA) is 142 Å². The summed E-state index contributed by atoms with van der Waals surface area (Å²) in [6, 6.07) is 0.699. The summed E-state index contributed by atoms with van der Waals surface area (Å²) in [6.45, 7) is -0.240. The molecule has 0 unspecified atom stereocenters. The van der Waals surface area contributed by atoms with Crippen molar-refractivity contribution in [3.05, 3.63) is 32.6 Å². The number of aromatic carboxylic acids is 1. The number of H-pyrrole nitrogens is 1. The predicted molar refractivity (Wildman–Crippen MR) is 55.3 cm³/mol. The van der Waals surface area contributed by atoms with Gasteiger partial charge in [-0.3, -0.25) is 14.3 Å². The van der Waals surface area contributed by atoms with E-state index in [1.807, 2.05) is 4.98 Å². The van der Waals surface area contributed by atoms with Crippen molar-refractivity contribution in [2.45, 2.75) is 18.4 Å². The van der Waals surface area contributed by atoms with Gasteiger partial charge in [0.1, 0.15) is 17.9 Å².